The van der Waals surface area contributed by atoms with E-state index in [0.717, 1.165) is 6.04 Å². The zero-order valence-corrected chi connectivity index (χ0v) is 9.52. The number of likely N-dealkylation sites (tertiary alicyclic amines) is 1. The van der Waals surface area contributed by atoms with Crippen LogP contribution in [0, 0.1) is 0 Å². The molecule has 0 spiro atoms. The molecule has 1 saturated heterocycles. The second kappa shape index (κ2) is 7.58. The molecule has 0 aromatic heterocycles. The van der Waals surface area contributed by atoms with E-state index < -0.39 is 0 Å². The molecule has 1 rings (SSSR count). The Labute approximate surface area is 85.0 Å². The summed E-state index contributed by atoms with van der Waals surface area (Å²) in [6.45, 7) is 5.91. The van der Waals surface area contributed by atoms with Crippen LogP contribution in [-0.4, -0.2) is 59.1 Å². The lowest BCUT2D eigenvalue weighted by Gasteiger charge is -2.24. The molecule has 5 heteroatoms. The van der Waals surface area contributed by atoms with Crippen LogP contribution in [0.3, 0.4) is 0 Å². The van der Waals surface area contributed by atoms with Gasteiger partial charge in [0.15, 0.2) is 0 Å². The van der Waals surface area contributed by atoms with Crippen LogP contribution in [0.1, 0.15) is 13.3 Å². The lowest BCUT2D eigenvalue weighted by atomic mass is 10.3. The van der Waals surface area contributed by atoms with Gasteiger partial charge in [-0.25, -0.2) is 4.31 Å². The second-order valence-corrected chi connectivity index (χ2v) is 3.95. The topological polar surface area (TPSA) is 69.5 Å². The molecule has 0 saturated carbocycles. The smallest absolute Gasteiger partial charge is 0.0341 e. The Bertz CT molecular complexity index is 123. The SMILES string of the molecule is CCN(SC)[C@@H]1CCN(C)C1.O.O. The molecular formula is C8H22N2O2S. The van der Waals surface area contributed by atoms with Gasteiger partial charge >= 0.3 is 0 Å². The van der Waals surface area contributed by atoms with Crippen LogP contribution in [0.25, 0.3) is 0 Å². The Morgan fingerprint density at radius 1 is 1.46 bits per heavy atom. The van der Waals surface area contributed by atoms with Crippen LogP contribution in [0.5, 0.6) is 0 Å². The number of likely N-dealkylation sites (N-methyl/N-ethyl adjacent to an activating group) is 2. The molecule has 0 aromatic carbocycles. The van der Waals surface area contributed by atoms with Crippen molar-refractivity contribution in [3.8, 4) is 0 Å². The molecule has 0 aromatic rings. The third-order valence-corrected chi connectivity index (χ3v) is 3.35. The molecule has 4 nitrogen and oxygen atoms in total. The molecule has 4 N–H and O–H groups in total. The van der Waals surface area contributed by atoms with E-state index in [0.29, 0.717) is 0 Å². The monoisotopic (exact) mass is 210 g/mol. The van der Waals surface area contributed by atoms with Crippen LogP contribution < -0.4 is 0 Å². The summed E-state index contributed by atoms with van der Waals surface area (Å²) in [7, 11) is 2.20. The quantitative estimate of drug-likeness (QED) is 0.597. The first-order valence-corrected chi connectivity index (χ1v) is 5.45. The fourth-order valence-electron chi connectivity index (χ4n) is 1.68. The van der Waals surface area contributed by atoms with Gasteiger partial charge in [-0.1, -0.05) is 18.9 Å². The maximum Gasteiger partial charge on any atom is 0.0341 e. The first-order chi connectivity index (χ1) is 5.27. The van der Waals surface area contributed by atoms with Gasteiger partial charge in [0.05, 0.1) is 0 Å². The highest BCUT2D eigenvalue weighted by Gasteiger charge is 2.23. The van der Waals surface area contributed by atoms with Crippen molar-refractivity contribution in [2.45, 2.75) is 19.4 Å². The zero-order chi connectivity index (χ0) is 8.27. The third-order valence-electron chi connectivity index (χ3n) is 2.32. The second-order valence-electron chi connectivity index (χ2n) is 3.12. The highest BCUT2D eigenvalue weighted by atomic mass is 32.2. The van der Waals surface area contributed by atoms with Crippen LogP contribution >= 0.6 is 11.9 Å². The van der Waals surface area contributed by atoms with E-state index in [2.05, 4.69) is 29.4 Å². The summed E-state index contributed by atoms with van der Waals surface area (Å²) in [5.41, 5.74) is 0. The van der Waals surface area contributed by atoms with E-state index in [1.807, 2.05) is 11.9 Å². The van der Waals surface area contributed by atoms with Crippen molar-refractivity contribution in [1.29, 1.82) is 0 Å². The Morgan fingerprint density at radius 2 is 2.08 bits per heavy atom. The van der Waals surface area contributed by atoms with Crippen molar-refractivity contribution in [2.24, 2.45) is 0 Å². The molecule has 1 fully saturated rings. The fraction of sp³-hybridized carbons (Fsp3) is 1.00. The minimum atomic E-state index is 0. The fourth-order valence-corrected chi connectivity index (χ4v) is 2.41. The summed E-state index contributed by atoms with van der Waals surface area (Å²) < 4.78 is 2.48. The minimum absolute atomic E-state index is 0. The van der Waals surface area contributed by atoms with Crippen LogP contribution in [-0.2, 0) is 0 Å². The molecule has 1 heterocycles. The van der Waals surface area contributed by atoms with Gasteiger partial charge in [0, 0.05) is 19.1 Å². The number of rotatable bonds is 3. The molecule has 0 radical (unpaired) electrons. The highest BCUT2D eigenvalue weighted by molar-refractivity contribution is 7.96. The standard InChI is InChI=1S/C8H18N2S.2H2O/c1-4-10(11-3)8-5-6-9(2)7-8;;/h8H,4-7H2,1-3H3;2*1H2/t8-;;/m1../s1. The van der Waals surface area contributed by atoms with E-state index in [4.69, 9.17) is 0 Å². The van der Waals surface area contributed by atoms with Gasteiger partial charge in [-0.05, 0) is 26.3 Å². The molecule has 1 aliphatic heterocycles. The Balaban J connectivity index is 0. The van der Waals surface area contributed by atoms with Gasteiger partial charge in [-0.15, -0.1) is 0 Å². The van der Waals surface area contributed by atoms with Crippen LogP contribution in [0.15, 0.2) is 0 Å². The third kappa shape index (κ3) is 4.28. The number of nitrogens with zero attached hydrogens (tertiary/aromatic N) is 2. The average Bonchev–Trinajstić information content (AvgIpc) is 2.39. The molecular weight excluding hydrogens is 188 g/mol. The lowest BCUT2D eigenvalue weighted by molar-refractivity contribution is 0.344. The van der Waals surface area contributed by atoms with Gasteiger partial charge in [0.1, 0.15) is 0 Å². The Morgan fingerprint density at radius 3 is 2.38 bits per heavy atom. The van der Waals surface area contributed by atoms with E-state index >= 15 is 0 Å². The summed E-state index contributed by atoms with van der Waals surface area (Å²) in [6.07, 6.45) is 3.51. The zero-order valence-electron chi connectivity index (χ0n) is 8.71. The summed E-state index contributed by atoms with van der Waals surface area (Å²) in [5.74, 6) is 0. The average molecular weight is 210 g/mol. The predicted octanol–water partition coefficient (Wildman–Crippen LogP) is -0.359. The molecule has 0 amide bonds. The first-order valence-electron chi connectivity index (χ1n) is 4.27. The Hall–Kier alpha value is 0.190. The first kappa shape index (κ1) is 15.7. The molecule has 13 heavy (non-hydrogen) atoms. The van der Waals surface area contributed by atoms with Gasteiger partial charge in [-0.3, -0.25) is 0 Å². The molecule has 0 aliphatic carbocycles. The van der Waals surface area contributed by atoms with Crippen molar-refractivity contribution >= 4 is 11.9 Å². The van der Waals surface area contributed by atoms with Gasteiger partial charge in [-0.2, -0.15) is 0 Å². The van der Waals surface area contributed by atoms with Crippen LogP contribution in [0.2, 0.25) is 0 Å². The predicted molar refractivity (Wildman–Crippen MR) is 59.0 cm³/mol. The van der Waals surface area contributed by atoms with Crippen molar-refractivity contribution in [3.05, 3.63) is 0 Å². The van der Waals surface area contributed by atoms with Gasteiger partial charge in [0.25, 0.3) is 0 Å². The normalized spacial score (nSPS) is 22.6. The highest BCUT2D eigenvalue weighted by Crippen LogP contribution is 2.19. The van der Waals surface area contributed by atoms with Crippen molar-refractivity contribution in [3.63, 3.8) is 0 Å². The van der Waals surface area contributed by atoms with Gasteiger partial charge in [0.2, 0.25) is 0 Å². The van der Waals surface area contributed by atoms with E-state index in [1.54, 1.807) is 0 Å². The van der Waals surface area contributed by atoms with E-state index in [9.17, 15) is 0 Å². The van der Waals surface area contributed by atoms with Crippen molar-refractivity contribution in [2.75, 3.05) is 32.9 Å². The van der Waals surface area contributed by atoms with E-state index in [-0.39, 0.29) is 11.0 Å². The van der Waals surface area contributed by atoms with Crippen molar-refractivity contribution < 1.29 is 11.0 Å². The number of hydrogen-bond acceptors (Lipinski definition) is 3. The Kier molecular flexibility index (Phi) is 9.13. The lowest BCUT2D eigenvalue weighted by Crippen LogP contribution is -2.31. The largest absolute Gasteiger partial charge is 0.412 e. The van der Waals surface area contributed by atoms with Crippen molar-refractivity contribution in [1.82, 2.24) is 9.21 Å². The number of hydrogen-bond donors (Lipinski definition) is 0. The molecule has 1 aliphatic rings. The summed E-state index contributed by atoms with van der Waals surface area (Å²) in [6, 6.07) is 0.792. The summed E-state index contributed by atoms with van der Waals surface area (Å²) in [4.78, 5) is 2.41. The van der Waals surface area contributed by atoms with E-state index in [1.165, 1.54) is 26.1 Å². The maximum absolute atomic E-state index is 2.48. The molecule has 0 unspecified atom stereocenters. The minimum Gasteiger partial charge on any atom is -0.412 e. The molecule has 0 bridgehead atoms. The molecule has 1 atom stereocenters. The maximum atomic E-state index is 2.48. The molecule has 82 valence electrons. The summed E-state index contributed by atoms with van der Waals surface area (Å²) >= 11 is 1.88. The van der Waals surface area contributed by atoms with Crippen LogP contribution in [0.4, 0.5) is 0 Å². The summed E-state index contributed by atoms with van der Waals surface area (Å²) in [5, 5.41) is 0. The van der Waals surface area contributed by atoms with Gasteiger partial charge < -0.3 is 15.9 Å².